The van der Waals surface area contributed by atoms with Crippen LogP contribution < -0.4 is 5.73 Å². The van der Waals surface area contributed by atoms with E-state index in [0.29, 0.717) is 5.92 Å². The number of carbonyl (C=O) groups is 1. The summed E-state index contributed by atoms with van der Waals surface area (Å²) in [7, 11) is 0. The number of likely N-dealkylation sites (tertiary alicyclic amines) is 1. The monoisotopic (exact) mass is 212 g/mol. The maximum atomic E-state index is 11.6. The van der Waals surface area contributed by atoms with Gasteiger partial charge in [-0.15, -0.1) is 0 Å². The van der Waals surface area contributed by atoms with Gasteiger partial charge in [-0.1, -0.05) is 0 Å². The molecule has 2 N–H and O–H groups in total. The highest BCUT2D eigenvalue weighted by molar-refractivity contribution is 5.69. The van der Waals surface area contributed by atoms with Crippen LogP contribution >= 0.6 is 0 Å². The number of hydrogen-bond donors (Lipinski definition) is 1. The molecule has 1 saturated heterocycles. The van der Waals surface area contributed by atoms with Crippen LogP contribution in [0.25, 0.3) is 0 Å². The maximum Gasteiger partial charge on any atom is 0.410 e. The SMILES string of the molecule is CC(C)(C)OC(=O)N1CC(C2(N)CC2)C1. The lowest BCUT2D eigenvalue weighted by molar-refractivity contribution is -0.00626. The minimum absolute atomic E-state index is 0.0402. The molecule has 1 amide bonds. The van der Waals surface area contributed by atoms with Crippen LogP contribution in [0, 0.1) is 5.92 Å². The fraction of sp³-hybridized carbons (Fsp3) is 0.909. The summed E-state index contributed by atoms with van der Waals surface area (Å²) in [6, 6.07) is 0. The number of nitrogens with zero attached hydrogens (tertiary/aromatic N) is 1. The van der Waals surface area contributed by atoms with Gasteiger partial charge in [-0.25, -0.2) is 4.79 Å². The van der Waals surface area contributed by atoms with Crippen LogP contribution in [0.4, 0.5) is 4.79 Å². The van der Waals surface area contributed by atoms with Gasteiger partial charge in [0.25, 0.3) is 0 Å². The average molecular weight is 212 g/mol. The molecular weight excluding hydrogens is 192 g/mol. The molecule has 4 heteroatoms. The van der Waals surface area contributed by atoms with Crippen LogP contribution in [-0.2, 0) is 4.74 Å². The number of nitrogens with two attached hydrogens (primary N) is 1. The standard InChI is InChI=1S/C11H20N2O2/c1-10(2,3)15-9(14)13-6-8(7-13)11(12)4-5-11/h8H,4-7,12H2,1-3H3. The van der Waals surface area contributed by atoms with Crippen molar-refractivity contribution in [2.75, 3.05) is 13.1 Å². The lowest BCUT2D eigenvalue weighted by Gasteiger charge is -2.42. The topological polar surface area (TPSA) is 55.6 Å². The summed E-state index contributed by atoms with van der Waals surface area (Å²) in [4.78, 5) is 13.3. The fourth-order valence-electron chi connectivity index (χ4n) is 1.87. The molecule has 0 unspecified atom stereocenters. The van der Waals surface area contributed by atoms with Crippen LogP contribution in [-0.4, -0.2) is 35.2 Å². The van der Waals surface area contributed by atoms with Gasteiger partial charge in [0.2, 0.25) is 0 Å². The van der Waals surface area contributed by atoms with Gasteiger partial charge in [0.15, 0.2) is 0 Å². The van der Waals surface area contributed by atoms with E-state index in [2.05, 4.69) is 0 Å². The Morgan fingerprint density at radius 2 is 1.93 bits per heavy atom. The molecule has 0 radical (unpaired) electrons. The number of rotatable bonds is 1. The van der Waals surface area contributed by atoms with Crippen molar-refractivity contribution >= 4 is 6.09 Å². The van der Waals surface area contributed by atoms with Gasteiger partial charge >= 0.3 is 6.09 Å². The number of carbonyl (C=O) groups excluding carboxylic acids is 1. The summed E-state index contributed by atoms with van der Waals surface area (Å²) < 4.78 is 5.27. The molecule has 2 rings (SSSR count). The van der Waals surface area contributed by atoms with Crippen LogP contribution in [0.2, 0.25) is 0 Å². The fourth-order valence-corrected chi connectivity index (χ4v) is 1.87. The predicted molar refractivity (Wildman–Crippen MR) is 57.4 cm³/mol. The summed E-state index contributed by atoms with van der Waals surface area (Å²) >= 11 is 0. The van der Waals surface area contributed by atoms with Crippen molar-refractivity contribution in [3.8, 4) is 0 Å². The van der Waals surface area contributed by atoms with E-state index in [1.54, 1.807) is 4.90 Å². The molecule has 15 heavy (non-hydrogen) atoms. The Kier molecular flexibility index (Phi) is 2.23. The summed E-state index contributed by atoms with van der Waals surface area (Å²) in [5, 5.41) is 0. The van der Waals surface area contributed by atoms with Gasteiger partial charge < -0.3 is 15.4 Å². The van der Waals surface area contributed by atoms with E-state index in [-0.39, 0.29) is 11.6 Å². The molecule has 86 valence electrons. The van der Waals surface area contributed by atoms with Gasteiger partial charge in [-0.3, -0.25) is 0 Å². The predicted octanol–water partition coefficient (Wildman–Crippen LogP) is 1.34. The van der Waals surface area contributed by atoms with Crippen molar-refractivity contribution in [1.29, 1.82) is 0 Å². The Labute approximate surface area is 90.8 Å². The van der Waals surface area contributed by atoms with Gasteiger partial charge in [-0.05, 0) is 33.6 Å². The van der Waals surface area contributed by atoms with Gasteiger partial charge in [-0.2, -0.15) is 0 Å². The Hall–Kier alpha value is -0.770. The van der Waals surface area contributed by atoms with Crippen LogP contribution in [0.5, 0.6) is 0 Å². The van der Waals surface area contributed by atoms with E-state index >= 15 is 0 Å². The summed E-state index contributed by atoms with van der Waals surface area (Å²) in [5.74, 6) is 0.491. The molecule has 0 spiro atoms. The van der Waals surface area contributed by atoms with Crippen LogP contribution in [0.1, 0.15) is 33.6 Å². The number of amides is 1. The Balaban J connectivity index is 1.77. The van der Waals surface area contributed by atoms with E-state index in [4.69, 9.17) is 10.5 Å². The third-order valence-corrected chi connectivity index (χ3v) is 3.17. The molecule has 1 saturated carbocycles. The van der Waals surface area contributed by atoms with E-state index in [9.17, 15) is 4.79 Å². The lowest BCUT2D eigenvalue weighted by atomic mass is 9.90. The van der Waals surface area contributed by atoms with E-state index < -0.39 is 5.60 Å². The van der Waals surface area contributed by atoms with Crippen LogP contribution in [0.15, 0.2) is 0 Å². The first-order valence-corrected chi connectivity index (χ1v) is 5.57. The normalized spacial score (nSPS) is 24.7. The minimum Gasteiger partial charge on any atom is -0.444 e. The molecule has 4 nitrogen and oxygen atoms in total. The molecular formula is C11H20N2O2. The third-order valence-electron chi connectivity index (χ3n) is 3.17. The highest BCUT2D eigenvalue weighted by Gasteiger charge is 2.51. The van der Waals surface area contributed by atoms with E-state index in [1.165, 1.54) is 0 Å². The molecule has 0 atom stereocenters. The molecule has 0 aromatic rings. The second-order valence-corrected chi connectivity index (χ2v) is 5.82. The summed E-state index contributed by atoms with van der Waals surface area (Å²) in [6.07, 6.45) is 2.02. The van der Waals surface area contributed by atoms with Gasteiger partial charge in [0.05, 0.1) is 0 Å². The van der Waals surface area contributed by atoms with Crippen molar-refractivity contribution in [2.24, 2.45) is 11.7 Å². The summed E-state index contributed by atoms with van der Waals surface area (Å²) in [5.41, 5.74) is 5.70. The average Bonchev–Trinajstić information content (AvgIpc) is 2.59. The highest BCUT2D eigenvalue weighted by Crippen LogP contribution is 2.43. The Bertz CT molecular complexity index is 273. The second-order valence-electron chi connectivity index (χ2n) is 5.82. The van der Waals surface area contributed by atoms with Crippen molar-refractivity contribution in [3.05, 3.63) is 0 Å². The zero-order valence-corrected chi connectivity index (χ0v) is 9.75. The van der Waals surface area contributed by atoms with E-state index in [0.717, 1.165) is 25.9 Å². The van der Waals surface area contributed by atoms with Gasteiger partial charge in [0.1, 0.15) is 5.60 Å². The lowest BCUT2D eigenvalue weighted by Crippen LogP contribution is -2.58. The van der Waals surface area contributed by atoms with Gasteiger partial charge in [0, 0.05) is 24.5 Å². The molecule has 0 bridgehead atoms. The molecule has 1 aliphatic carbocycles. The first-order valence-electron chi connectivity index (χ1n) is 5.57. The molecule has 1 aliphatic heterocycles. The van der Waals surface area contributed by atoms with Crippen molar-refractivity contribution in [2.45, 2.75) is 44.8 Å². The largest absolute Gasteiger partial charge is 0.444 e. The molecule has 2 aliphatic rings. The van der Waals surface area contributed by atoms with Crippen molar-refractivity contribution < 1.29 is 9.53 Å². The zero-order chi connectivity index (χ0) is 11.3. The minimum atomic E-state index is -0.401. The molecule has 0 aromatic carbocycles. The smallest absolute Gasteiger partial charge is 0.410 e. The Morgan fingerprint density at radius 1 is 1.40 bits per heavy atom. The molecule has 2 fully saturated rings. The van der Waals surface area contributed by atoms with Crippen molar-refractivity contribution in [3.63, 3.8) is 0 Å². The number of hydrogen-bond acceptors (Lipinski definition) is 3. The highest BCUT2D eigenvalue weighted by atomic mass is 16.6. The maximum absolute atomic E-state index is 11.6. The quantitative estimate of drug-likeness (QED) is 0.713. The summed E-state index contributed by atoms with van der Waals surface area (Å²) in [6.45, 7) is 7.19. The first kappa shape index (κ1) is 10.7. The number of ether oxygens (including phenoxy) is 1. The first-order chi connectivity index (χ1) is 6.80. The van der Waals surface area contributed by atoms with Crippen LogP contribution in [0.3, 0.4) is 0 Å². The Morgan fingerprint density at radius 3 is 2.33 bits per heavy atom. The third kappa shape index (κ3) is 2.25. The zero-order valence-electron chi connectivity index (χ0n) is 9.75. The van der Waals surface area contributed by atoms with Crippen molar-refractivity contribution in [1.82, 2.24) is 4.90 Å². The molecule has 0 aromatic heterocycles. The van der Waals surface area contributed by atoms with E-state index in [1.807, 2.05) is 20.8 Å². The second kappa shape index (κ2) is 3.11. The molecule has 1 heterocycles.